The summed E-state index contributed by atoms with van der Waals surface area (Å²) in [5, 5.41) is 14.7. The van der Waals surface area contributed by atoms with E-state index in [0.29, 0.717) is 6.54 Å². The number of aliphatic hydroxyl groups excluding tert-OH is 1. The van der Waals surface area contributed by atoms with E-state index in [1.54, 1.807) is 14.2 Å². The van der Waals surface area contributed by atoms with Crippen molar-refractivity contribution >= 4 is 0 Å². The van der Waals surface area contributed by atoms with Crippen molar-refractivity contribution in [2.45, 2.75) is 51.0 Å². The van der Waals surface area contributed by atoms with Gasteiger partial charge in [0.25, 0.3) is 0 Å². The molecule has 4 rings (SSSR count). The van der Waals surface area contributed by atoms with E-state index in [1.807, 2.05) is 6.07 Å². The maximum absolute atomic E-state index is 11.2. The van der Waals surface area contributed by atoms with Gasteiger partial charge in [0.1, 0.15) is 11.5 Å². The van der Waals surface area contributed by atoms with E-state index in [9.17, 15) is 5.11 Å². The van der Waals surface area contributed by atoms with Crippen molar-refractivity contribution < 1.29 is 14.6 Å². The summed E-state index contributed by atoms with van der Waals surface area (Å²) >= 11 is 0. The molecule has 2 saturated heterocycles. The molecule has 0 aliphatic carbocycles. The molecule has 0 amide bonds. The minimum atomic E-state index is -0.602. The smallest absolute Gasteiger partial charge is 0.187 e. The molecule has 3 aliphatic rings. The first kappa shape index (κ1) is 18.6. The molecule has 1 spiro atoms. The lowest BCUT2D eigenvalue weighted by atomic mass is 9.82. The molecule has 6 nitrogen and oxygen atoms in total. The standard InChI is InChI=1S/C21H31N3O3/c1-5-24-20(25)23-13-15-11-16(26-3)12-17(27-4)19(15)14(2)10-18(23)21(24)6-8-22-9-7-21/h10-12,14,20,22,25H,5-9,13H2,1-4H3. The summed E-state index contributed by atoms with van der Waals surface area (Å²) in [6.07, 6.45) is 3.79. The van der Waals surface area contributed by atoms with Gasteiger partial charge in [-0.2, -0.15) is 0 Å². The second kappa shape index (κ2) is 7.00. The van der Waals surface area contributed by atoms with Crippen LogP contribution in [0.15, 0.2) is 23.9 Å². The Kier molecular flexibility index (Phi) is 4.82. The van der Waals surface area contributed by atoms with Crippen molar-refractivity contribution in [3.05, 3.63) is 35.0 Å². The number of hydrogen-bond donors (Lipinski definition) is 2. The van der Waals surface area contributed by atoms with Gasteiger partial charge in [0.2, 0.25) is 0 Å². The third-order valence-electron chi connectivity index (χ3n) is 6.53. The van der Waals surface area contributed by atoms with Gasteiger partial charge in [0.05, 0.1) is 19.8 Å². The van der Waals surface area contributed by atoms with E-state index in [0.717, 1.165) is 49.5 Å². The number of benzene rings is 1. The Hall–Kier alpha value is -1.76. The van der Waals surface area contributed by atoms with Crippen LogP contribution in [-0.2, 0) is 6.54 Å². The fourth-order valence-electron chi connectivity index (χ4n) is 5.29. The van der Waals surface area contributed by atoms with E-state index >= 15 is 0 Å². The molecule has 2 N–H and O–H groups in total. The van der Waals surface area contributed by atoms with Crippen molar-refractivity contribution in [1.82, 2.24) is 15.1 Å². The first-order valence-electron chi connectivity index (χ1n) is 9.95. The van der Waals surface area contributed by atoms with Crippen molar-refractivity contribution in [2.75, 3.05) is 33.9 Å². The molecule has 2 fully saturated rings. The monoisotopic (exact) mass is 373 g/mol. The van der Waals surface area contributed by atoms with Crippen LogP contribution in [-0.4, -0.2) is 60.7 Å². The number of allylic oxidation sites excluding steroid dienone is 1. The highest BCUT2D eigenvalue weighted by atomic mass is 16.5. The number of hydrogen-bond acceptors (Lipinski definition) is 6. The van der Waals surface area contributed by atoms with Crippen LogP contribution in [0.4, 0.5) is 0 Å². The summed E-state index contributed by atoms with van der Waals surface area (Å²) in [6.45, 7) is 7.81. The Morgan fingerprint density at radius 2 is 1.96 bits per heavy atom. The minimum Gasteiger partial charge on any atom is -0.497 e. The average Bonchev–Trinajstić information content (AvgIpc) is 2.81. The lowest BCUT2D eigenvalue weighted by Crippen LogP contribution is -2.53. The van der Waals surface area contributed by atoms with Gasteiger partial charge in [-0.1, -0.05) is 19.9 Å². The molecule has 1 aromatic carbocycles. The molecular weight excluding hydrogens is 342 g/mol. The van der Waals surface area contributed by atoms with E-state index < -0.39 is 6.35 Å². The fourth-order valence-corrected chi connectivity index (χ4v) is 5.29. The minimum absolute atomic E-state index is 0.0902. The molecule has 2 unspecified atom stereocenters. The van der Waals surface area contributed by atoms with Gasteiger partial charge in [-0.3, -0.25) is 0 Å². The summed E-state index contributed by atoms with van der Waals surface area (Å²) in [7, 11) is 3.39. The number of methoxy groups -OCH3 is 2. The predicted octanol–water partition coefficient (Wildman–Crippen LogP) is 2.24. The van der Waals surface area contributed by atoms with Gasteiger partial charge in [-0.15, -0.1) is 0 Å². The summed E-state index contributed by atoms with van der Waals surface area (Å²) < 4.78 is 11.2. The summed E-state index contributed by atoms with van der Waals surface area (Å²) in [6, 6.07) is 4.04. The molecule has 3 heterocycles. The number of fused-ring (bicyclic) bond motifs is 3. The van der Waals surface area contributed by atoms with E-state index in [4.69, 9.17) is 9.47 Å². The Morgan fingerprint density at radius 3 is 2.59 bits per heavy atom. The van der Waals surface area contributed by atoms with Crippen molar-refractivity contribution in [3.63, 3.8) is 0 Å². The van der Waals surface area contributed by atoms with Crippen LogP contribution >= 0.6 is 0 Å². The Morgan fingerprint density at radius 1 is 1.22 bits per heavy atom. The summed E-state index contributed by atoms with van der Waals surface area (Å²) in [4.78, 5) is 4.45. The molecule has 6 heteroatoms. The van der Waals surface area contributed by atoms with Crippen LogP contribution in [0.1, 0.15) is 43.7 Å². The van der Waals surface area contributed by atoms with Crippen LogP contribution in [0.5, 0.6) is 11.5 Å². The Bertz CT molecular complexity index is 742. The van der Waals surface area contributed by atoms with E-state index in [-0.39, 0.29) is 11.5 Å². The highest BCUT2D eigenvalue weighted by Crippen LogP contribution is 2.49. The quantitative estimate of drug-likeness (QED) is 0.848. The number of aliphatic hydroxyl groups is 1. The third-order valence-corrected chi connectivity index (χ3v) is 6.53. The molecule has 0 saturated carbocycles. The molecule has 0 radical (unpaired) electrons. The molecular formula is C21H31N3O3. The molecule has 1 aromatic rings. The van der Waals surface area contributed by atoms with Crippen LogP contribution in [0.25, 0.3) is 0 Å². The highest BCUT2D eigenvalue weighted by molar-refractivity contribution is 5.52. The topological polar surface area (TPSA) is 57.2 Å². The molecule has 3 aliphatic heterocycles. The first-order valence-corrected chi connectivity index (χ1v) is 9.95. The number of rotatable bonds is 3. The zero-order chi connectivity index (χ0) is 19.2. The van der Waals surface area contributed by atoms with Crippen LogP contribution in [0.3, 0.4) is 0 Å². The normalized spacial score (nSPS) is 27.0. The zero-order valence-electron chi connectivity index (χ0n) is 16.8. The number of ether oxygens (including phenoxy) is 2. The number of nitrogens with zero attached hydrogens (tertiary/aromatic N) is 2. The van der Waals surface area contributed by atoms with Crippen LogP contribution < -0.4 is 14.8 Å². The van der Waals surface area contributed by atoms with E-state index in [1.165, 1.54) is 11.3 Å². The van der Waals surface area contributed by atoms with Crippen LogP contribution in [0, 0.1) is 0 Å². The number of piperidine rings is 1. The Labute approximate surface area is 161 Å². The third kappa shape index (κ3) is 2.73. The van der Waals surface area contributed by atoms with Crippen LogP contribution in [0.2, 0.25) is 0 Å². The molecule has 148 valence electrons. The fraction of sp³-hybridized carbons (Fsp3) is 0.619. The number of nitrogens with one attached hydrogen (secondary N) is 1. The van der Waals surface area contributed by atoms with Crippen molar-refractivity contribution in [2.24, 2.45) is 0 Å². The second-order valence-corrected chi connectivity index (χ2v) is 7.78. The summed E-state index contributed by atoms with van der Waals surface area (Å²) in [5.41, 5.74) is 3.53. The largest absolute Gasteiger partial charge is 0.497 e. The maximum Gasteiger partial charge on any atom is 0.187 e. The maximum atomic E-state index is 11.2. The lowest BCUT2D eigenvalue weighted by molar-refractivity contribution is -0.0818. The van der Waals surface area contributed by atoms with Gasteiger partial charge in [-0.05, 0) is 37.6 Å². The number of likely N-dealkylation sites (N-methyl/N-ethyl adjacent to an activating group) is 1. The van der Waals surface area contributed by atoms with Gasteiger partial charge >= 0.3 is 0 Å². The first-order chi connectivity index (χ1) is 13.1. The molecule has 0 bridgehead atoms. The predicted molar refractivity (Wildman–Crippen MR) is 105 cm³/mol. The van der Waals surface area contributed by atoms with Gasteiger partial charge in [0, 0.05) is 36.3 Å². The molecule has 0 aromatic heterocycles. The average molecular weight is 373 g/mol. The molecule has 2 atom stereocenters. The van der Waals surface area contributed by atoms with Crippen molar-refractivity contribution in [1.29, 1.82) is 0 Å². The van der Waals surface area contributed by atoms with Gasteiger partial charge in [-0.25, -0.2) is 4.90 Å². The summed E-state index contributed by atoms with van der Waals surface area (Å²) in [5.74, 6) is 1.85. The van der Waals surface area contributed by atoms with Gasteiger partial charge < -0.3 is 24.8 Å². The van der Waals surface area contributed by atoms with Crippen molar-refractivity contribution in [3.8, 4) is 11.5 Å². The highest BCUT2D eigenvalue weighted by Gasteiger charge is 2.54. The van der Waals surface area contributed by atoms with E-state index in [2.05, 4.69) is 41.1 Å². The SMILES string of the molecule is CCN1C(O)N2Cc3cc(OC)cc(OC)c3C(C)C=C2C12CCNCC2. The zero-order valence-corrected chi connectivity index (χ0v) is 16.8. The molecule has 27 heavy (non-hydrogen) atoms. The lowest BCUT2D eigenvalue weighted by Gasteiger charge is -2.41. The second-order valence-electron chi connectivity index (χ2n) is 7.78. The Balaban J connectivity index is 1.85. The van der Waals surface area contributed by atoms with Gasteiger partial charge in [0.15, 0.2) is 6.35 Å².